The number of benzene rings is 3. The molecule has 0 saturated heterocycles. The molecule has 1 amide bonds. The zero-order valence-electron chi connectivity index (χ0n) is 17.9. The molecule has 6 nitrogen and oxygen atoms in total. The number of phenolic OH excluding ortho intramolecular Hbond substituents is 1. The number of hydrogen-bond acceptors (Lipinski definition) is 5. The molecule has 0 aliphatic heterocycles. The van der Waals surface area contributed by atoms with Gasteiger partial charge in [0.1, 0.15) is 5.75 Å². The van der Waals surface area contributed by atoms with E-state index in [2.05, 4.69) is 46.3 Å². The third-order valence-electron chi connectivity index (χ3n) is 5.05. The number of fused-ring (bicyclic) bond motifs is 1. The smallest absolute Gasteiger partial charge is 0.250 e. The molecule has 0 unspecified atom stereocenters. The fourth-order valence-corrected chi connectivity index (χ4v) is 4.07. The minimum Gasteiger partial charge on any atom is -0.508 e. The summed E-state index contributed by atoms with van der Waals surface area (Å²) in [6, 6.07) is 23.1. The predicted molar refractivity (Wildman–Crippen MR) is 129 cm³/mol. The number of aromatic hydroxyl groups is 1. The molecule has 0 atom stereocenters. The lowest BCUT2D eigenvalue weighted by Crippen LogP contribution is -2.21. The van der Waals surface area contributed by atoms with Crippen molar-refractivity contribution in [3.63, 3.8) is 0 Å². The zero-order valence-corrected chi connectivity index (χ0v) is 18.8. The first-order valence-electron chi connectivity index (χ1n) is 10.3. The van der Waals surface area contributed by atoms with Gasteiger partial charge < -0.3 is 9.67 Å². The molecule has 1 heterocycles. The first-order chi connectivity index (χ1) is 15.5. The quantitative estimate of drug-likeness (QED) is 0.245. The maximum Gasteiger partial charge on any atom is 0.250 e. The number of thioether (sulfide) groups is 1. The minimum absolute atomic E-state index is 0.190. The van der Waals surface area contributed by atoms with E-state index in [0.717, 1.165) is 21.8 Å². The number of hydrogen-bond donors (Lipinski definition) is 2. The van der Waals surface area contributed by atoms with Crippen molar-refractivity contribution in [1.82, 2.24) is 15.0 Å². The van der Waals surface area contributed by atoms with Crippen molar-refractivity contribution in [3.05, 3.63) is 89.5 Å². The number of rotatable bonds is 7. The summed E-state index contributed by atoms with van der Waals surface area (Å²) >= 11 is 1.39. The summed E-state index contributed by atoms with van der Waals surface area (Å²) in [5, 5.41) is 14.4. The molecule has 0 radical (unpaired) electrons. The van der Waals surface area contributed by atoms with Gasteiger partial charge in [-0.25, -0.2) is 10.4 Å². The van der Waals surface area contributed by atoms with Crippen LogP contribution in [0.3, 0.4) is 0 Å². The molecule has 7 heteroatoms. The van der Waals surface area contributed by atoms with Gasteiger partial charge >= 0.3 is 0 Å². The molecule has 0 bridgehead atoms. The number of carbonyl (C=O) groups is 1. The summed E-state index contributed by atoms with van der Waals surface area (Å²) < 4.78 is 2.14. The highest BCUT2D eigenvalue weighted by Crippen LogP contribution is 2.25. The summed E-state index contributed by atoms with van der Waals surface area (Å²) in [7, 11) is 0. The number of hydrazone groups is 1. The van der Waals surface area contributed by atoms with Gasteiger partial charge in [-0.05, 0) is 61.4 Å². The van der Waals surface area contributed by atoms with E-state index in [1.807, 2.05) is 24.3 Å². The van der Waals surface area contributed by atoms with E-state index in [-0.39, 0.29) is 17.4 Å². The van der Waals surface area contributed by atoms with Crippen molar-refractivity contribution in [3.8, 4) is 5.75 Å². The van der Waals surface area contributed by atoms with Crippen molar-refractivity contribution in [1.29, 1.82) is 0 Å². The van der Waals surface area contributed by atoms with Crippen molar-refractivity contribution in [2.24, 2.45) is 5.10 Å². The van der Waals surface area contributed by atoms with Crippen LogP contribution in [0.4, 0.5) is 0 Å². The van der Waals surface area contributed by atoms with Gasteiger partial charge in [0.15, 0.2) is 5.16 Å². The van der Waals surface area contributed by atoms with E-state index in [9.17, 15) is 9.90 Å². The van der Waals surface area contributed by atoms with Crippen LogP contribution in [0, 0.1) is 6.92 Å². The summed E-state index contributed by atoms with van der Waals surface area (Å²) in [4.78, 5) is 17.1. The second-order valence-electron chi connectivity index (χ2n) is 7.52. The highest BCUT2D eigenvalue weighted by Gasteiger charge is 2.13. The monoisotopic (exact) mass is 444 g/mol. The van der Waals surface area contributed by atoms with Crippen LogP contribution < -0.4 is 5.43 Å². The molecule has 3 aromatic carbocycles. The Hall–Kier alpha value is -3.58. The van der Waals surface area contributed by atoms with Crippen LogP contribution in [-0.2, 0) is 11.3 Å². The topological polar surface area (TPSA) is 79.5 Å². The van der Waals surface area contributed by atoms with E-state index in [1.165, 1.54) is 22.9 Å². The zero-order chi connectivity index (χ0) is 22.5. The Bertz CT molecular complexity index is 1260. The number of para-hydroxylation sites is 2. The molecule has 0 saturated carbocycles. The highest BCUT2D eigenvalue weighted by molar-refractivity contribution is 7.99. The van der Waals surface area contributed by atoms with Gasteiger partial charge in [-0.2, -0.15) is 5.10 Å². The Balaban J connectivity index is 1.46. The largest absolute Gasteiger partial charge is 0.508 e. The Labute approximate surface area is 191 Å². The lowest BCUT2D eigenvalue weighted by atomic mass is 10.1. The van der Waals surface area contributed by atoms with Crippen LogP contribution in [0.25, 0.3) is 11.0 Å². The average Bonchev–Trinajstić information content (AvgIpc) is 3.15. The third kappa shape index (κ3) is 5.18. The van der Waals surface area contributed by atoms with Crippen LogP contribution in [0.1, 0.15) is 23.6 Å². The van der Waals surface area contributed by atoms with Crippen LogP contribution in [0.15, 0.2) is 83.1 Å². The Morgan fingerprint density at radius 2 is 1.78 bits per heavy atom. The Kier molecular flexibility index (Phi) is 6.56. The number of aryl methyl sites for hydroxylation is 1. The molecule has 0 aliphatic rings. The van der Waals surface area contributed by atoms with Gasteiger partial charge in [0.25, 0.3) is 5.91 Å². The molecular formula is C25H24N4O2S. The maximum absolute atomic E-state index is 12.4. The second kappa shape index (κ2) is 9.70. The number of amides is 1. The van der Waals surface area contributed by atoms with Crippen molar-refractivity contribution < 1.29 is 9.90 Å². The molecule has 0 aliphatic carbocycles. The van der Waals surface area contributed by atoms with Gasteiger partial charge in [0.2, 0.25) is 0 Å². The molecule has 32 heavy (non-hydrogen) atoms. The van der Waals surface area contributed by atoms with Crippen molar-refractivity contribution in [2.75, 3.05) is 5.75 Å². The van der Waals surface area contributed by atoms with Crippen LogP contribution in [-0.4, -0.2) is 32.0 Å². The molecular weight excluding hydrogens is 420 g/mol. The van der Waals surface area contributed by atoms with E-state index < -0.39 is 0 Å². The maximum atomic E-state index is 12.4. The van der Waals surface area contributed by atoms with Gasteiger partial charge in [-0.15, -0.1) is 0 Å². The SMILES string of the molecule is C/C(=N/NC(=O)CSc1nc2ccccc2n1Cc1ccc(C)cc1)c1ccc(O)cc1. The fourth-order valence-electron chi connectivity index (χ4n) is 3.27. The Morgan fingerprint density at radius 3 is 2.53 bits per heavy atom. The van der Waals surface area contributed by atoms with E-state index in [4.69, 9.17) is 4.98 Å². The molecule has 0 fully saturated rings. The first-order valence-corrected chi connectivity index (χ1v) is 11.2. The van der Waals surface area contributed by atoms with Gasteiger partial charge in [-0.1, -0.05) is 53.7 Å². The highest BCUT2D eigenvalue weighted by atomic mass is 32.2. The van der Waals surface area contributed by atoms with E-state index in [1.54, 1.807) is 31.2 Å². The van der Waals surface area contributed by atoms with Crippen molar-refractivity contribution >= 4 is 34.4 Å². The van der Waals surface area contributed by atoms with Crippen molar-refractivity contribution in [2.45, 2.75) is 25.5 Å². The van der Waals surface area contributed by atoms with Crippen LogP contribution in [0.5, 0.6) is 5.75 Å². The number of imidazole rings is 1. The van der Waals surface area contributed by atoms with Crippen LogP contribution in [0.2, 0.25) is 0 Å². The van der Waals surface area contributed by atoms with Gasteiger partial charge in [-0.3, -0.25) is 4.79 Å². The number of carbonyl (C=O) groups excluding carboxylic acids is 1. The standard InChI is InChI=1S/C25H24N4O2S/c1-17-7-9-19(10-8-17)15-29-23-6-4-3-5-22(23)26-25(29)32-16-24(31)28-27-18(2)20-11-13-21(30)14-12-20/h3-14,30H,15-16H2,1-2H3,(H,28,31)/b27-18-. The molecule has 2 N–H and O–H groups in total. The average molecular weight is 445 g/mol. The summed E-state index contributed by atoms with van der Waals surface area (Å²) in [6.07, 6.45) is 0. The summed E-state index contributed by atoms with van der Waals surface area (Å²) in [5.41, 5.74) is 8.44. The lowest BCUT2D eigenvalue weighted by Gasteiger charge is -2.09. The number of nitrogens with one attached hydrogen (secondary N) is 1. The molecule has 162 valence electrons. The molecule has 1 aromatic heterocycles. The summed E-state index contributed by atoms with van der Waals surface area (Å²) in [6.45, 7) is 4.56. The molecule has 0 spiro atoms. The number of phenols is 1. The minimum atomic E-state index is -0.206. The first kappa shape index (κ1) is 21.6. The lowest BCUT2D eigenvalue weighted by molar-refractivity contribution is -0.118. The normalized spacial score (nSPS) is 11.6. The van der Waals surface area contributed by atoms with Gasteiger partial charge in [0.05, 0.1) is 29.0 Å². The predicted octanol–water partition coefficient (Wildman–Crippen LogP) is 4.73. The summed E-state index contributed by atoms with van der Waals surface area (Å²) in [5.74, 6) is 0.182. The van der Waals surface area contributed by atoms with Gasteiger partial charge in [0, 0.05) is 0 Å². The number of nitrogens with zero attached hydrogens (tertiary/aromatic N) is 3. The fraction of sp³-hybridized carbons (Fsp3) is 0.160. The molecule has 4 aromatic rings. The molecule has 4 rings (SSSR count). The second-order valence-corrected chi connectivity index (χ2v) is 8.47. The third-order valence-corrected chi connectivity index (χ3v) is 6.02. The van der Waals surface area contributed by atoms with E-state index >= 15 is 0 Å². The van der Waals surface area contributed by atoms with Crippen LogP contribution >= 0.6 is 11.8 Å². The number of aromatic nitrogens is 2. The Morgan fingerprint density at radius 1 is 1.06 bits per heavy atom. The van der Waals surface area contributed by atoms with E-state index in [0.29, 0.717) is 12.3 Å².